The van der Waals surface area contributed by atoms with E-state index in [4.69, 9.17) is 15.3 Å². The molecule has 18 heavy (non-hydrogen) atoms. The lowest BCUT2D eigenvalue weighted by atomic mass is 9.81. The van der Waals surface area contributed by atoms with Crippen LogP contribution >= 0.6 is 8.46 Å². The van der Waals surface area contributed by atoms with Gasteiger partial charge in [0, 0.05) is 6.42 Å². The zero-order chi connectivity index (χ0) is 14.6. The van der Waals surface area contributed by atoms with Gasteiger partial charge in [0.1, 0.15) is 5.60 Å². The third kappa shape index (κ3) is 3.48. The van der Waals surface area contributed by atoms with E-state index in [-0.39, 0.29) is 0 Å². The molecule has 102 valence electrons. The Hall–Kier alpha value is -1.53. The summed E-state index contributed by atoms with van der Waals surface area (Å²) in [6, 6.07) is 0. The van der Waals surface area contributed by atoms with Crippen LogP contribution in [0.3, 0.4) is 0 Å². The molecule has 0 aromatic carbocycles. The quantitative estimate of drug-likeness (QED) is 0.460. The molecule has 0 amide bonds. The van der Waals surface area contributed by atoms with Crippen LogP contribution in [-0.2, 0) is 18.9 Å². The fraction of sp³-hybridized carbons (Fsp3) is 0.667. The van der Waals surface area contributed by atoms with Gasteiger partial charge in [0.25, 0.3) is 0 Å². The van der Waals surface area contributed by atoms with Crippen molar-refractivity contribution in [3.05, 3.63) is 0 Å². The molecule has 9 heteroatoms. The minimum absolute atomic E-state index is 0.632. The molecule has 0 aliphatic carbocycles. The molecule has 8 nitrogen and oxygen atoms in total. The number of hydrogen-bond donors (Lipinski definition) is 4. The number of carbonyl (C=O) groups is 3. The molecular formula is C9H13O8P. The zero-order valence-electron chi connectivity index (χ0n) is 9.49. The lowest BCUT2D eigenvalue weighted by Crippen LogP contribution is -2.54. The molecule has 0 saturated heterocycles. The van der Waals surface area contributed by atoms with Gasteiger partial charge in [0.2, 0.25) is 0 Å². The molecular weight excluding hydrogens is 267 g/mol. The normalized spacial score (nSPS) is 17.7. The Morgan fingerprint density at radius 2 is 1.61 bits per heavy atom. The monoisotopic (exact) mass is 280 g/mol. The van der Waals surface area contributed by atoms with Gasteiger partial charge in [0.05, 0.1) is 6.42 Å². The van der Waals surface area contributed by atoms with E-state index in [0.29, 0.717) is 0 Å². The molecule has 2 unspecified atom stereocenters. The van der Waals surface area contributed by atoms with Crippen LogP contribution in [0.15, 0.2) is 0 Å². The molecule has 0 heterocycles. The second kappa shape index (κ2) is 5.88. The van der Waals surface area contributed by atoms with Gasteiger partial charge in [-0.25, -0.2) is 0 Å². The number of rotatable bonds is 8. The van der Waals surface area contributed by atoms with Crippen LogP contribution in [0.4, 0.5) is 0 Å². The minimum Gasteiger partial charge on any atom is -0.481 e. The predicted molar refractivity (Wildman–Crippen MR) is 57.7 cm³/mol. The molecule has 0 fully saturated rings. The van der Waals surface area contributed by atoms with Crippen molar-refractivity contribution in [3.8, 4) is 0 Å². The number of carboxylic acids is 3. The molecule has 4 N–H and O–H groups in total. The highest BCUT2D eigenvalue weighted by Crippen LogP contribution is 2.40. The Morgan fingerprint density at radius 1 is 1.11 bits per heavy atom. The van der Waals surface area contributed by atoms with Crippen LogP contribution in [0.5, 0.6) is 0 Å². The Balaban J connectivity index is 5.42. The van der Waals surface area contributed by atoms with Gasteiger partial charge in [-0.05, 0) is 13.3 Å². The summed E-state index contributed by atoms with van der Waals surface area (Å²) in [5.74, 6) is -4.51. The van der Waals surface area contributed by atoms with Gasteiger partial charge < -0.3 is 20.4 Å². The largest absolute Gasteiger partial charge is 0.481 e. The molecule has 0 aliphatic heterocycles. The van der Waals surface area contributed by atoms with Crippen LogP contribution in [-0.4, -0.2) is 49.1 Å². The van der Waals surface area contributed by atoms with Crippen LogP contribution in [0.25, 0.3) is 0 Å². The van der Waals surface area contributed by atoms with Gasteiger partial charge in [-0.1, -0.05) is 0 Å². The van der Waals surface area contributed by atoms with E-state index in [2.05, 4.69) is 0 Å². The first-order chi connectivity index (χ1) is 8.09. The van der Waals surface area contributed by atoms with E-state index in [1.807, 2.05) is 0 Å². The molecule has 2 atom stereocenters. The maximum Gasteiger partial charge on any atom is 0.324 e. The Kier molecular flexibility index (Phi) is 5.38. The molecule has 0 aromatic rings. The van der Waals surface area contributed by atoms with Crippen molar-refractivity contribution < 1.29 is 39.4 Å². The van der Waals surface area contributed by atoms with E-state index in [1.54, 1.807) is 0 Å². The number of hydrogen-bond acceptors (Lipinski definition) is 5. The topological polar surface area (TPSA) is 149 Å². The van der Waals surface area contributed by atoms with E-state index in [1.165, 1.54) is 0 Å². The lowest BCUT2D eigenvalue weighted by molar-refractivity contribution is -0.156. The summed E-state index contributed by atoms with van der Waals surface area (Å²) in [5.41, 5.74) is -2.42. The first-order valence-corrected chi connectivity index (χ1v) is 5.64. The van der Waals surface area contributed by atoms with Crippen molar-refractivity contribution in [1.29, 1.82) is 0 Å². The Labute approximate surface area is 103 Å². The summed E-state index contributed by atoms with van der Waals surface area (Å²) >= 11 is 0. The van der Waals surface area contributed by atoms with Crippen LogP contribution in [0.1, 0.15) is 26.2 Å². The van der Waals surface area contributed by atoms with E-state index in [9.17, 15) is 24.1 Å². The first kappa shape index (κ1) is 16.5. The Morgan fingerprint density at radius 3 is 1.89 bits per heavy atom. The van der Waals surface area contributed by atoms with Crippen molar-refractivity contribution in [2.75, 3.05) is 0 Å². The van der Waals surface area contributed by atoms with Gasteiger partial charge in [-0.2, -0.15) is 0 Å². The van der Waals surface area contributed by atoms with Crippen molar-refractivity contribution in [3.63, 3.8) is 0 Å². The zero-order valence-corrected chi connectivity index (χ0v) is 10.4. The molecule has 0 spiro atoms. The summed E-state index contributed by atoms with van der Waals surface area (Å²) in [6.45, 7) is 0.897. The van der Waals surface area contributed by atoms with Gasteiger partial charge >= 0.3 is 17.9 Å². The van der Waals surface area contributed by atoms with E-state index >= 15 is 0 Å². The smallest absolute Gasteiger partial charge is 0.324 e. The highest BCUT2D eigenvalue weighted by atomic mass is 31.1. The fourth-order valence-corrected chi connectivity index (χ4v) is 1.83. The van der Waals surface area contributed by atoms with Crippen molar-refractivity contribution >= 4 is 26.4 Å². The third-order valence-corrected chi connectivity index (χ3v) is 3.67. The van der Waals surface area contributed by atoms with Gasteiger partial charge in [0.15, 0.2) is 13.6 Å². The maximum absolute atomic E-state index is 11.0. The Bertz CT molecular complexity index is 381. The molecule has 0 aromatic heterocycles. The molecule has 0 bridgehead atoms. The SMILES string of the molecule is CC(P=O)(C(=O)O)C(O)(CCC(=O)O)CC(=O)O. The maximum atomic E-state index is 11.0. The summed E-state index contributed by atoms with van der Waals surface area (Å²) in [4.78, 5) is 32.1. The summed E-state index contributed by atoms with van der Waals surface area (Å²) in [5, 5.41) is 33.9. The number of aliphatic hydroxyl groups is 1. The van der Waals surface area contributed by atoms with E-state index < -0.39 is 56.4 Å². The van der Waals surface area contributed by atoms with Crippen molar-refractivity contribution in [2.45, 2.75) is 36.9 Å². The van der Waals surface area contributed by atoms with Crippen molar-refractivity contribution in [2.24, 2.45) is 0 Å². The van der Waals surface area contributed by atoms with Gasteiger partial charge in [-0.3, -0.25) is 18.9 Å². The molecule has 0 radical (unpaired) electrons. The minimum atomic E-state index is -2.42. The second-order valence-corrected chi connectivity index (χ2v) is 5.04. The first-order valence-electron chi connectivity index (χ1n) is 4.83. The summed E-state index contributed by atoms with van der Waals surface area (Å²) in [7, 11) is -0.997. The fourth-order valence-electron chi connectivity index (χ4n) is 1.39. The third-order valence-electron chi connectivity index (χ3n) is 2.70. The summed E-state index contributed by atoms with van der Waals surface area (Å²) in [6.07, 6.45) is -2.28. The van der Waals surface area contributed by atoms with Crippen LogP contribution < -0.4 is 0 Å². The van der Waals surface area contributed by atoms with E-state index in [0.717, 1.165) is 6.92 Å². The van der Waals surface area contributed by atoms with Gasteiger partial charge in [-0.15, -0.1) is 0 Å². The van der Waals surface area contributed by atoms with Crippen molar-refractivity contribution in [1.82, 2.24) is 0 Å². The molecule has 0 rings (SSSR count). The number of carboxylic acid groups (broad SMARTS) is 3. The highest BCUT2D eigenvalue weighted by molar-refractivity contribution is 7.28. The highest BCUT2D eigenvalue weighted by Gasteiger charge is 2.55. The van der Waals surface area contributed by atoms with Crippen LogP contribution in [0.2, 0.25) is 0 Å². The molecule has 0 aliphatic rings. The second-order valence-electron chi connectivity index (χ2n) is 3.96. The lowest BCUT2D eigenvalue weighted by Gasteiger charge is -2.36. The molecule has 0 saturated carbocycles. The van der Waals surface area contributed by atoms with Crippen LogP contribution in [0, 0.1) is 0 Å². The average molecular weight is 280 g/mol. The summed E-state index contributed by atoms with van der Waals surface area (Å²) < 4.78 is 11.0. The number of aliphatic carboxylic acids is 3. The average Bonchev–Trinajstić information content (AvgIpc) is 2.23. The standard InChI is InChI=1S/C9H13O8P/c1-8(18-17,7(14)15)9(16,4-6(12)13)3-2-5(10)11/h16H,2-4H2,1H3,(H,10,11)(H,12,13)(H,14,15). The predicted octanol–water partition coefficient (Wildman–Crippen LogP) is 0.192.